The average molecular weight is 244 g/mol. The molecule has 1 saturated heterocycles. The van der Waals surface area contributed by atoms with E-state index in [0.29, 0.717) is 31.8 Å². The second kappa shape index (κ2) is 7.24. The number of ether oxygens (including phenoxy) is 1. The molecule has 0 atom stereocenters. The number of nitrogens with one attached hydrogen (secondary N) is 1. The van der Waals surface area contributed by atoms with E-state index in [1.165, 1.54) is 7.11 Å². The first-order valence-corrected chi connectivity index (χ1v) is 5.82. The van der Waals surface area contributed by atoms with Gasteiger partial charge in [-0.3, -0.25) is 14.5 Å². The van der Waals surface area contributed by atoms with E-state index in [0.717, 1.165) is 13.1 Å². The van der Waals surface area contributed by atoms with E-state index in [2.05, 4.69) is 10.1 Å². The highest BCUT2D eigenvalue weighted by Gasteiger charge is 2.26. The fourth-order valence-corrected chi connectivity index (χ4v) is 1.74. The smallest absolute Gasteiger partial charge is 0.305 e. The Morgan fingerprint density at radius 1 is 1.47 bits per heavy atom. The molecule has 1 fully saturated rings. The van der Waals surface area contributed by atoms with Gasteiger partial charge in [-0.2, -0.15) is 0 Å². The van der Waals surface area contributed by atoms with Gasteiger partial charge < -0.3 is 15.2 Å². The van der Waals surface area contributed by atoms with Gasteiger partial charge in [-0.1, -0.05) is 0 Å². The molecule has 0 bridgehead atoms. The predicted octanol–water partition coefficient (Wildman–Crippen LogP) is -1.02. The number of amides is 1. The number of aliphatic hydroxyl groups is 1. The number of nitrogens with zero attached hydrogens (tertiary/aromatic N) is 1. The quantitative estimate of drug-likeness (QED) is 0.443. The average Bonchev–Trinajstić information content (AvgIpc) is 2.28. The molecule has 0 unspecified atom stereocenters. The van der Waals surface area contributed by atoms with Crippen molar-refractivity contribution in [3.05, 3.63) is 0 Å². The Bertz CT molecular complexity index is 264. The van der Waals surface area contributed by atoms with E-state index in [9.17, 15) is 9.59 Å². The number of likely N-dealkylation sites (tertiary alicyclic amines) is 1. The van der Waals surface area contributed by atoms with Crippen LogP contribution in [0, 0.1) is 5.92 Å². The van der Waals surface area contributed by atoms with E-state index in [4.69, 9.17) is 5.11 Å². The van der Waals surface area contributed by atoms with Gasteiger partial charge in [0.25, 0.3) is 0 Å². The van der Waals surface area contributed by atoms with Crippen LogP contribution in [0.5, 0.6) is 0 Å². The number of rotatable bonds is 7. The third-order valence-corrected chi connectivity index (χ3v) is 2.77. The highest BCUT2D eigenvalue weighted by atomic mass is 16.5. The van der Waals surface area contributed by atoms with Crippen molar-refractivity contribution >= 4 is 11.9 Å². The van der Waals surface area contributed by atoms with Gasteiger partial charge in [-0.15, -0.1) is 0 Å². The molecule has 6 nitrogen and oxygen atoms in total. The molecule has 1 amide bonds. The zero-order chi connectivity index (χ0) is 12.7. The first kappa shape index (κ1) is 13.9. The Hall–Kier alpha value is -1.14. The second-order valence-corrected chi connectivity index (χ2v) is 4.27. The van der Waals surface area contributed by atoms with Crippen molar-refractivity contribution in [3.8, 4) is 0 Å². The summed E-state index contributed by atoms with van der Waals surface area (Å²) in [6.07, 6.45) is 0.921. The van der Waals surface area contributed by atoms with Crippen LogP contribution in [0.1, 0.15) is 12.8 Å². The Balaban J connectivity index is 1.97. The molecule has 1 rings (SSSR count). The van der Waals surface area contributed by atoms with Crippen LogP contribution in [0.4, 0.5) is 0 Å². The lowest BCUT2D eigenvalue weighted by molar-refractivity contribution is -0.140. The second-order valence-electron chi connectivity index (χ2n) is 4.27. The van der Waals surface area contributed by atoms with Gasteiger partial charge >= 0.3 is 5.97 Å². The highest BCUT2D eigenvalue weighted by molar-refractivity contribution is 5.78. The fraction of sp³-hybridized carbons (Fsp3) is 0.818. The largest absolute Gasteiger partial charge is 0.469 e. The molecule has 1 aliphatic heterocycles. The summed E-state index contributed by atoms with van der Waals surface area (Å²) >= 11 is 0. The molecule has 0 radical (unpaired) electrons. The van der Waals surface area contributed by atoms with Gasteiger partial charge in [0.2, 0.25) is 5.91 Å². The molecule has 1 aliphatic rings. The molecule has 0 aromatic rings. The molecule has 2 N–H and O–H groups in total. The number of hydrogen-bond acceptors (Lipinski definition) is 5. The normalized spacial score (nSPS) is 16.4. The molecule has 1 heterocycles. The van der Waals surface area contributed by atoms with Gasteiger partial charge in [0, 0.05) is 38.6 Å². The number of aliphatic hydroxyl groups excluding tert-OH is 1. The molecule has 0 aromatic heterocycles. The highest BCUT2D eigenvalue weighted by Crippen LogP contribution is 2.13. The van der Waals surface area contributed by atoms with Crippen LogP contribution in [0.3, 0.4) is 0 Å². The van der Waals surface area contributed by atoms with Crippen molar-refractivity contribution < 1.29 is 19.4 Å². The van der Waals surface area contributed by atoms with E-state index in [-0.39, 0.29) is 18.5 Å². The van der Waals surface area contributed by atoms with Crippen LogP contribution in [-0.4, -0.2) is 61.8 Å². The molecule has 17 heavy (non-hydrogen) atoms. The van der Waals surface area contributed by atoms with Gasteiger partial charge in [-0.05, 0) is 6.42 Å². The molecular formula is C11H20N2O4. The number of carbonyl (C=O) groups is 2. The van der Waals surface area contributed by atoms with Crippen molar-refractivity contribution in [1.29, 1.82) is 0 Å². The monoisotopic (exact) mass is 244 g/mol. The standard InChI is InChI=1S/C11H20N2O4/c1-17-11(16)3-2-4-12-10(15)7-13-5-9(6-13)8-14/h9,14H,2-8H2,1H3,(H,12,15). The lowest BCUT2D eigenvalue weighted by Crippen LogP contribution is -2.52. The minimum atomic E-state index is -0.257. The Morgan fingerprint density at radius 2 is 2.18 bits per heavy atom. The molecule has 98 valence electrons. The minimum Gasteiger partial charge on any atom is -0.469 e. The van der Waals surface area contributed by atoms with Gasteiger partial charge in [-0.25, -0.2) is 0 Å². The van der Waals surface area contributed by atoms with Crippen LogP contribution < -0.4 is 5.32 Å². The minimum absolute atomic E-state index is 0.0359. The van der Waals surface area contributed by atoms with E-state index in [1.54, 1.807) is 0 Å². The number of methoxy groups -OCH3 is 1. The predicted molar refractivity (Wildman–Crippen MR) is 61.3 cm³/mol. The van der Waals surface area contributed by atoms with Crippen LogP contribution in [0.2, 0.25) is 0 Å². The Labute approximate surface area is 101 Å². The van der Waals surface area contributed by atoms with Crippen LogP contribution in [-0.2, 0) is 14.3 Å². The number of hydrogen-bond donors (Lipinski definition) is 2. The van der Waals surface area contributed by atoms with Crippen molar-refractivity contribution in [1.82, 2.24) is 10.2 Å². The maximum absolute atomic E-state index is 11.4. The maximum atomic E-state index is 11.4. The summed E-state index contributed by atoms with van der Waals surface area (Å²) in [6.45, 7) is 2.62. The van der Waals surface area contributed by atoms with Crippen LogP contribution >= 0.6 is 0 Å². The summed E-state index contributed by atoms with van der Waals surface area (Å²) < 4.78 is 4.49. The molecule has 0 aromatic carbocycles. The zero-order valence-corrected chi connectivity index (χ0v) is 10.1. The van der Waals surface area contributed by atoms with Gasteiger partial charge in [0.05, 0.1) is 13.7 Å². The van der Waals surface area contributed by atoms with Crippen molar-refractivity contribution in [2.24, 2.45) is 5.92 Å². The zero-order valence-electron chi connectivity index (χ0n) is 10.1. The third kappa shape index (κ3) is 5.14. The SMILES string of the molecule is COC(=O)CCCNC(=O)CN1CC(CO)C1. The number of esters is 1. The first-order chi connectivity index (χ1) is 8.15. The molecule has 0 saturated carbocycles. The van der Waals surface area contributed by atoms with Gasteiger partial charge in [0.15, 0.2) is 0 Å². The molecular weight excluding hydrogens is 224 g/mol. The fourth-order valence-electron chi connectivity index (χ4n) is 1.74. The van der Waals surface area contributed by atoms with Crippen molar-refractivity contribution in [2.75, 3.05) is 39.9 Å². The first-order valence-electron chi connectivity index (χ1n) is 5.82. The Kier molecular flexibility index (Phi) is 5.93. The van der Waals surface area contributed by atoms with E-state index in [1.807, 2.05) is 4.90 Å². The van der Waals surface area contributed by atoms with Crippen LogP contribution in [0.25, 0.3) is 0 Å². The summed E-state index contributed by atoms with van der Waals surface area (Å²) in [5.74, 6) is 0.0289. The maximum Gasteiger partial charge on any atom is 0.305 e. The summed E-state index contributed by atoms with van der Waals surface area (Å²) in [5, 5.41) is 11.6. The lowest BCUT2D eigenvalue weighted by Gasteiger charge is -2.37. The number of carbonyl (C=O) groups excluding carboxylic acids is 2. The van der Waals surface area contributed by atoms with Gasteiger partial charge in [0.1, 0.15) is 0 Å². The summed E-state index contributed by atoms with van der Waals surface area (Å²) in [4.78, 5) is 24.2. The molecule has 0 aliphatic carbocycles. The molecule has 0 spiro atoms. The van der Waals surface area contributed by atoms with E-state index >= 15 is 0 Å². The summed E-state index contributed by atoms with van der Waals surface area (Å²) in [5.41, 5.74) is 0. The van der Waals surface area contributed by atoms with Crippen molar-refractivity contribution in [2.45, 2.75) is 12.8 Å². The topological polar surface area (TPSA) is 78.9 Å². The summed E-state index contributed by atoms with van der Waals surface area (Å²) in [6, 6.07) is 0. The van der Waals surface area contributed by atoms with Crippen molar-refractivity contribution in [3.63, 3.8) is 0 Å². The molecule has 6 heteroatoms. The van der Waals surface area contributed by atoms with E-state index < -0.39 is 0 Å². The Morgan fingerprint density at radius 3 is 2.76 bits per heavy atom. The lowest BCUT2D eigenvalue weighted by atomic mass is 10.0. The summed E-state index contributed by atoms with van der Waals surface area (Å²) in [7, 11) is 1.35. The third-order valence-electron chi connectivity index (χ3n) is 2.77. The van der Waals surface area contributed by atoms with Crippen LogP contribution in [0.15, 0.2) is 0 Å².